The van der Waals surface area contributed by atoms with Crippen LogP contribution in [0.2, 0.25) is 0 Å². The molecule has 0 aliphatic heterocycles. The normalized spacial score (nSPS) is 10.6. The predicted molar refractivity (Wildman–Crippen MR) is 81.3 cm³/mol. The number of nitrogens with two attached hydrogens (primary N) is 1. The number of ether oxygens (including phenoxy) is 2. The third-order valence-corrected chi connectivity index (χ3v) is 3.88. The average Bonchev–Trinajstić information content (AvgIpc) is 2.93. The highest BCUT2D eigenvalue weighted by atomic mass is 32.1. The van der Waals surface area contributed by atoms with E-state index in [9.17, 15) is 0 Å². The van der Waals surface area contributed by atoms with E-state index in [0.717, 1.165) is 35.6 Å². The second-order valence-corrected chi connectivity index (χ2v) is 5.39. The van der Waals surface area contributed by atoms with E-state index in [-0.39, 0.29) is 0 Å². The monoisotopic (exact) mass is 292 g/mol. The van der Waals surface area contributed by atoms with E-state index in [1.54, 1.807) is 18.4 Å². The fourth-order valence-corrected chi connectivity index (χ4v) is 2.76. The van der Waals surface area contributed by atoms with Crippen LogP contribution in [-0.4, -0.2) is 12.1 Å². The summed E-state index contributed by atoms with van der Waals surface area (Å²) in [7, 11) is 1.64. The zero-order valence-corrected chi connectivity index (χ0v) is 12.7. The molecule has 0 aliphatic rings. The molecule has 0 fully saturated rings. The summed E-state index contributed by atoms with van der Waals surface area (Å²) in [4.78, 5) is 4.54. The van der Waals surface area contributed by atoms with Crippen molar-refractivity contribution < 1.29 is 9.47 Å². The van der Waals surface area contributed by atoms with Gasteiger partial charge in [0.2, 0.25) is 0 Å². The number of aromatic nitrogens is 1. The molecule has 0 saturated heterocycles. The van der Waals surface area contributed by atoms with E-state index in [4.69, 9.17) is 15.2 Å². The Bertz CT molecular complexity index is 555. The summed E-state index contributed by atoms with van der Waals surface area (Å²) < 4.78 is 11.0. The molecule has 1 aromatic carbocycles. The van der Waals surface area contributed by atoms with E-state index in [2.05, 4.69) is 17.3 Å². The zero-order valence-electron chi connectivity index (χ0n) is 11.9. The smallest absolute Gasteiger partial charge is 0.131 e. The van der Waals surface area contributed by atoms with Crippen LogP contribution in [0.1, 0.15) is 29.6 Å². The standard InChI is InChI=1S/C15H20N2O2S/c1-3-4-15-17-12(10-20-15)9-19-14-6-5-13(18-2)7-11(14)8-16/h5-7,10H,3-4,8-9,16H2,1-2H3. The minimum absolute atomic E-state index is 0.421. The Hall–Kier alpha value is -1.59. The van der Waals surface area contributed by atoms with Crippen LogP contribution < -0.4 is 15.2 Å². The molecule has 20 heavy (non-hydrogen) atoms. The number of hydrogen-bond donors (Lipinski definition) is 1. The largest absolute Gasteiger partial charge is 0.497 e. The molecule has 1 aromatic heterocycles. The summed E-state index contributed by atoms with van der Waals surface area (Å²) in [5.74, 6) is 1.58. The van der Waals surface area contributed by atoms with Crippen molar-refractivity contribution in [2.45, 2.75) is 32.9 Å². The van der Waals surface area contributed by atoms with Gasteiger partial charge in [0.15, 0.2) is 0 Å². The Kier molecular flexibility index (Phi) is 5.38. The Balaban J connectivity index is 2.02. The summed E-state index contributed by atoms with van der Waals surface area (Å²) in [6.45, 7) is 3.05. The van der Waals surface area contributed by atoms with Crippen molar-refractivity contribution in [3.05, 3.63) is 39.8 Å². The molecule has 0 amide bonds. The van der Waals surface area contributed by atoms with Crippen LogP contribution in [0.5, 0.6) is 11.5 Å². The number of thiazole rings is 1. The number of benzene rings is 1. The van der Waals surface area contributed by atoms with E-state index in [0.29, 0.717) is 13.2 Å². The molecule has 0 spiro atoms. The summed E-state index contributed by atoms with van der Waals surface area (Å²) in [6, 6.07) is 5.66. The van der Waals surface area contributed by atoms with E-state index in [1.165, 1.54) is 5.01 Å². The molecule has 108 valence electrons. The number of methoxy groups -OCH3 is 1. The van der Waals surface area contributed by atoms with Gasteiger partial charge in [-0.2, -0.15) is 0 Å². The van der Waals surface area contributed by atoms with Gasteiger partial charge in [-0.1, -0.05) is 6.92 Å². The molecule has 0 bridgehead atoms. The molecule has 4 nitrogen and oxygen atoms in total. The van der Waals surface area contributed by atoms with Gasteiger partial charge in [0.05, 0.1) is 17.8 Å². The van der Waals surface area contributed by atoms with E-state index >= 15 is 0 Å². The molecule has 1 heterocycles. The van der Waals surface area contributed by atoms with Gasteiger partial charge in [-0.05, 0) is 31.0 Å². The number of hydrogen-bond acceptors (Lipinski definition) is 5. The molecule has 2 rings (SSSR count). The Morgan fingerprint density at radius 2 is 2.20 bits per heavy atom. The van der Waals surface area contributed by atoms with Crippen molar-refractivity contribution in [2.75, 3.05) is 7.11 Å². The van der Waals surface area contributed by atoms with Crippen molar-refractivity contribution in [2.24, 2.45) is 5.73 Å². The molecular weight excluding hydrogens is 272 g/mol. The van der Waals surface area contributed by atoms with Crippen LogP contribution in [0, 0.1) is 0 Å². The quantitative estimate of drug-likeness (QED) is 0.851. The topological polar surface area (TPSA) is 57.4 Å². The van der Waals surface area contributed by atoms with Crippen LogP contribution >= 0.6 is 11.3 Å². The predicted octanol–water partition coefficient (Wildman–Crippen LogP) is 3.14. The SMILES string of the molecule is CCCc1nc(COc2ccc(OC)cc2CN)cs1. The second kappa shape index (κ2) is 7.26. The molecule has 0 saturated carbocycles. The minimum atomic E-state index is 0.421. The Morgan fingerprint density at radius 3 is 2.90 bits per heavy atom. The summed E-state index contributed by atoms with van der Waals surface area (Å²) in [5, 5.41) is 3.22. The minimum Gasteiger partial charge on any atom is -0.497 e. The molecular formula is C15H20N2O2S. The number of aryl methyl sites for hydroxylation is 1. The molecule has 2 aromatic rings. The highest BCUT2D eigenvalue weighted by Crippen LogP contribution is 2.25. The molecule has 0 atom stereocenters. The van der Waals surface area contributed by atoms with Crippen molar-refractivity contribution >= 4 is 11.3 Å². The van der Waals surface area contributed by atoms with Gasteiger partial charge in [0, 0.05) is 17.5 Å². The van der Waals surface area contributed by atoms with E-state index in [1.807, 2.05) is 18.2 Å². The van der Waals surface area contributed by atoms with Gasteiger partial charge >= 0.3 is 0 Å². The number of rotatable bonds is 7. The van der Waals surface area contributed by atoms with Crippen molar-refractivity contribution in [3.63, 3.8) is 0 Å². The Morgan fingerprint density at radius 1 is 1.35 bits per heavy atom. The van der Waals surface area contributed by atoms with Gasteiger partial charge in [-0.3, -0.25) is 0 Å². The highest BCUT2D eigenvalue weighted by molar-refractivity contribution is 7.09. The lowest BCUT2D eigenvalue weighted by Gasteiger charge is -2.10. The first-order valence-electron chi connectivity index (χ1n) is 6.69. The molecule has 0 unspecified atom stereocenters. The molecule has 0 radical (unpaired) electrons. The first-order valence-corrected chi connectivity index (χ1v) is 7.57. The summed E-state index contributed by atoms with van der Waals surface area (Å²) in [5.41, 5.74) is 7.65. The van der Waals surface area contributed by atoms with E-state index < -0.39 is 0 Å². The van der Waals surface area contributed by atoms with Gasteiger partial charge < -0.3 is 15.2 Å². The van der Waals surface area contributed by atoms with Crippen LogP contribution in [0.4, 0.5) is 0 Å². The van der Waals surface area contributed by atoms with Crippen LogP contribution in [-0.2, 0) is 19.6 Å². The third-order valence-electron chi connectivity index (χ3n) is 2.93. The summed E-state index contributed by atoms with van der Waals surface area (Å²) in [6.07, 6.45) is 2.14. The molecule has 0 aliphatic carbocycles. The van der Waals surface area contributed by atoms with Gasteiger partial charge in [0.1, 0.15) is 18.1 Å². The first kappa shape index (κ1) is 14.8. The van der Waals surface area contributed by atoms with Gasteiger partial charge in [-0.25, -0.2) is 4.98 Å². The van der Waals surface area contributed by atoms with Crippen molar-refractivity contribution in [3.8, 4) is 11.5 Å². The van der Waals surface area contributed by atoms with Gasteiger partial charge in [0.25, 0.3) is 0 Å². The maximum Gasteiger partial charge on any atom is 0.131 e. The van der Waals surface area contributed by atoms with Gasteiger partial charge in [-0.15, -0.1) is 11.3 Å². The van der Waals surface area contributed by atoms with Crippen molar-refractivity contribution in [1.29, 1.82) is 0 Å². The maximum absolute atomic E-state index is 5.81. The lowest BCUT2D eigenvalue weighted by Crippen LogP contribution is -2.03. The fourth-order valence-electron chi connectivity index (χ4n) is 1.88. The fraction of sp³-hybridized carbons (Fsp3) is 0.400. The first-order chi connectivity index (χ1) is 9.76. The Labute approximate surface area is 123 Å². The van der Waals surface area contributed by atoms with Crippen LogP contribution in [0.25, 0.3) is 0 Å². The van der Waals surface area contributed by atoms with Crippen molar-refractivity contribution in [1.82, 2.24) is 4.98 Å². The van der Waals surface area contributed by atoms with Crippen LogP contribution in [0.15, 0.2) is 23.6 Å². The lowest BCUT2D eigenvalue weighted by molar-refractivity contribution is 0.298. The maximum atomic E-state index is 5.81. The average molecular weight is 292 g/mol. The lowest BCUT2D eigenvalue weighted by atomic mass is 10.2. The number of nitrogens with zero attached hydrogens (tertiary/aromatic N) is 1. The zero-order chi connectivity index (χ0) is 14.4. The van der Waals surface area contributed by atoms with Crippen LogP contribution in [0.3, 0.4) is 0 Å². The highest BCUT2D eigenvalue weighted by Gasteiger charge is 2.07. The molecule has 5 heteroatoms. The molecule has 2 N–H and O–H groups in total. The third kappa shape index (κ3) is 3.71. The second-order valence-electron chi connectivity index (χ2n) is 4.45. The summed E-state index contributed by atoms with van der Waals surface area (Å²) >= 11 is 1.69.